The van der Waals surface area contributed by atoms with Gasteiger partial charge in [-0.2, -0.15) is 0 Å². The number of nitrogens with one attached hydrogen (secondary N) is 1. The van der Waals surface area contributed by atoms with Crippen molar-refractivity contribution in [2.75, 3.05) is 25.5 Å². The van der Waals surface area contributed by atoms with Crippen LogP contribution in [0.15, 0.2) is 30.6 Å². The largest absolute Gasteiger partial charge is 0.455 e. The number of aromatic nitrogens is 3. The summed E-state index contributed by atoms with van der Waals surface area (Å²) in [5, 5.41) is 4.44. The molecule has 12 heteroatoms. The fraction of sp³-hybridized carbons (Fsp3) is 0.444. The summed E-state index contributed by atoms with van der Waals surface area (Å²) in [4.78, 5) is 50.1. The van der Waals surface area contributed by atoms with E-state index in [1.165, 1.54) is 4.90 Å². The zero-order valence-electron chi connectivity index (χ0n) is 22.8. The molecule has 1 atom stereocenters. The lowest BCUT2D eigenvalue weighted by Gasteiger charge is -2.36. The number of methoxy groups -OCH3 is 1. The molecule has 2 aliphatic heterocycles. The van der Waals surface area contributed by atoms with Crippen LogP contribution in [0.5, 0.6) is 5.88 Å². The quantitative estimate of drug-likeness (QED) is 0.269. The number of cyclic esters (lactones) is 1. The third-order valence-corrected chi connectivity index (χ3v) is 7.27. The summed E-state index contributed by atoms with van der Waals surface area (Å²) in [6.07, 6.45) is 2.51. The summed E-state index contributed by atoms with van der Waals surface area (Å²) in [6, 6.07) is 5.21. The summed E-state index contributed by atoms with van der Waals surface area (Å²) in [5.41, 5.74) is 6.87. The minimum absolute atomic E-state index is 0.00850. The van der Waals surface area contributed by atoms with Gasteiger partial charge < -0.3 is 20.5 Å². The number of hydrogen-bond acceptors (Lipinski definition) is 11. The molecule has 0 aromatic carbocycles. The lowest BCUT2D eigenvalue weighted by atomic mass is 9.84. The lowest BCUT2D eigenvalue weighted by Crippen LogP contribution is -2.54. The molecule has 12 nitrogen and oxygen atoms in total. The number of nitrogens with zero attached hydrogens (tertiary/aromatic N) is 4. The Morgan fingerprint density at radius 2 is 1.92 bits per heavy atom. The summed E-state index contributed by atoms with van der Waals surface area (Å²) in [5.74, 6) is 0.599. The molecule has 1 saturated heterocycles. The van der Waals surface area contributed by atoms with E-state index in [0.29, 0.717) is 46.8 Å². The van der Waals surface area contributed by atoms with Crippen LogP contribution in [-0.4, -0.2) is 63.8 Å². The number of anilines is 2. The van der Waals surface area contributed by atoms with Gasteiger partial charge in [0.2, 0.25) is 0 Å². The molecule has 0 saturated carbocycles. The van der Waals surface area contributed by atoms with Gasteiger partial charge >= 0.3 is 12.1 Å². The van der Waals surface area contributed by atoms with Crippen LogP contribution >= 0.6 is 0 Å². The Balaban J connectivity index is 1.43. The van der Waals surface area contributed by atoms with Gasteiger partial charge in [-0.1, -0.05) is 6.92 Å². The van der Waals surface area contributed by atoms with Gasteiger partial charge in [-0.15, -0.1) is 0 Å². The molecule has 0 spiro atoms. The van der Waals surface area contributed by atoms with E-state index in [1.807, 2.05) is 34.6 Å². The number of hydrogen-bond donors (Lipinski definition) is 2. The van der Waals surface area contributed by atoms with Crippen LogP contribution in [0.3, 0.4) is 0 Å². The second-order valence-corrected chi connectivity index (χ2v) is 11.0. The zero-order chi connectivity index (χ0) is 28.1. The molecule has 2 aliphatic rings. The first-order chi connectivity index (χ1) is 18.4. The number of carbonyl (C=O) groups excluding carboxylic acids is 2. The fourth-order valence-electron chi connectivity index (χ4n) is 4.51. The molecule has 5 rings (SSSR count). The predicted molar refractivity (Wildman–Crippen MR) is 142 cm³/mol. The molecule has 39 heavy (non-hydrogen) atoms. The monoisotopic (exact) mass is 536 g/mol. The van der Waals surface area contributed by atoms with Gasteiger partial charge in [-0.25, -0.2) is 29.4 Å². The highest BCUT2D eigenvalue weighted by Crippen LogP contribution is 2.38. The second-order valence-electron chi connectivity index (χ2n) is 11.0. The lowest BCUT2D eigenvalue weighted by molar-refractivity contribution is -0.167. The number of esters is 1. The van der Waals surface area contributed by atoms with Gasteiger partial charge in [-0.05, 0) is 56.8 Å². The van der Waals surface area contributed by atoms with Crippen molar-refractivity contribution in [3.05, 3.63) is 47.4 Å². The number of rotatable bonds is 6. The molecule has 3 aromatic heterocycles. The number of likely N-dealkylation sites (tertiary alicyclic amines) is 1. The van der Waals surface area contributed by atoms with Crippen molar-refractivity contribution < 1.29 is 28.8 Å². The maximum absolute atomic E-state index is 12.4. The fourth-order valence-corrected chi connectivity index (χ4v) is 4.51. The van der Waals surface area contributed by atoms with Gasteiger partial charge in [0.05, 0.1) is 35.8 Å². The minimum Gasteiger partial charge on any atom is -0.455 e. The van der Waals surface area contributed by atoms with Gasteiger partial charge in [0.1, 0.15) is 17.2 Å². The molecule has 1 amide bonds. The Morgan fingerprint density at radius 1 is 1.18 bits per heavy atom. The van der Waals surface area contributed by atoms with Crippen molar-refractivity contribution in [1.29, 1.82) is 0 Å². The van der Waals surface area contributed by atoms with Crippen molar-refractivity contribution in [1.82, 2.24) is 19.9 Å². The Bertz CT molecular complexity index is 1450. The Kier molecular flexibility index (Phi) is 6.55. The number of amides is 1. The van der Waals surface area contributed by atoms with Crippen LogP contribution in [0.1, 0.15) is 62.2 Å². The van der Waals surface area contributed by atoms with E-state index in [0.717, 1.165) is 5.56 Å². The number of carbonyl (C=O) groups is 2. The standard InChI is InChI=1S/C27H32N6O6/c1-14-22-16(24(34)37-27(14,4)5)7-8-20(32-22)31-21-9-17-18(10-29-21)23(30-11-19(17)26(2,3)28)38-39-25(35)33-12-15(13-33)36-6/h7-11,14-15H,12-13,28H2,1-6H3,(H,29,31,32)/t14-/m1/s1. The zero-order valence-corrected chi connectivity index (χ0v) is 22.8. The first-order valence-corrected chi connectivity index (χ1v) is 12.6. The number of nitrogens with two attached hydrogens (primary N) is 1. The van der Waals surface area contributed by atoms with E-state index in [-0.39, 0.29) is 23.9 Å². The molecule has 3 aromatic rings. The smallest absolute Gasteiger partial charge is 0.453 e. The first-order valence-electron chi connectivity index (χ1n) is 12.6. The summed E-state index contributed by atoms with van der Waals surface area (Å²) >= 11 is 0. The maximum atomic E-state index is 12.4. The Morgan fingerprint density at radius 3 is 2.62 bits per heavy atom. The number of ether oxygens (including phenoxy) is 2. The minimum atomic E-state index is -0.739. The van der Waals surface area contributed by atoms with E-state index in [9.17, 15) is 9.59 Å². The van der Waals surface area contributed by atoms with Crippen LogP contribution in [0.4, 0.5) is 16.4 Å². The molecule has 5 heterocycles. The molecule has 206 valence electrons. The molecule has 0 aliphatic carbocycles. The average Bonchev–Trinajstić information content (AvgIpc) is 2.84. The number of fused-ring (bicyclic) bond motifs is 2. The van der Waals surface area contributed by atoms with Crippen LogP contribution in [-0.2, 0) is 19.9 Å². The summed E-state index contributed by atoms with van der Waals surface area (Å²) in [6.45, 7) is 10.3. The van der Waals surface area contributed by atoms with Crippen molar-refractivity contribution >= 4 is 34.5 Å². The highest BCUT2D eigenvalue weighted by molar-refractivity contribution is 5.93. The van der Waals surface area contributed by atoms with E-state index in [2.05, 4.69) is 15.3 Å². The van der Waals surface area contributed by atoms with E-state index in [1.54, 1.807) is 37.7 Å². The van der Waals surface area contributed by atoms with E-state index in [4.69, 9.17) is 30.0 Å². The highest BCUT2D eigenvalue weighted by Gasteiger charge is 2.40. The van der Waals surface area contributed by atoms with E-state index < -0.39 is 17.2 Å². The first kappa shape index (κ1) is 26.6. The highest BCUT2D eigenvalue weighted by atomic mass is 17.2. The van der Waals surface area contributed by atoms with Crippen molar-refractivity contribution in [3.8, 4) is 5.88 Å². The third kappa shape index (κ3) is 5.04. The van der Waals surface area contributed by atoms with Gasteiger partial charge in [0.15, 0.2) is 0 Å². The topological polar surface area (TPSA) is 151 Å². The van der Waals surface area contributed by atoms with E-state index >= 15 is 0 Å². The van der Waals surface area contributed by atoms with Gasteiger partial charge in [0, 0.05) is 31.0 Å². The Hall–Kier alpha value is -4.03. The van der Waals surface area contributed by atoms with Crippen LogP contribution < -0.4 is 15.9 Å². The van der Waals surface area contributed by atoms with Gasteiger partial charge in [0.25, 0.3) is 5.88 Å². The third-order valence-electron chi connectivity index (χ3n) is 7.27. The Labute approximate surface area is 225 Å². The molecule has 0 bridgehead atoms. The molecule has 1 fully saturated rings. The normalized spacial score (nSPS) is 18.7. The predicted octanol–water partition coefficient (Wildman–Crippen LogP) is 3.78. The van der Waals surface area contributed by atoms with Crippen molar-refractivity contribution in [2.45, 2.75) is 57.8 Å². The van der Waals surface area contributed by atoms with Crippen molar-refractivity contribution in [2.24, 2.45) is 5.73 Å². The SMILES string of the molecule is COC1CN(C(=O)OOc2ncc(C(C)(C)N)c3cc(Nc4ccc5c(n4)[C@@H](C)C(C)(C)OC5=O)ncc23)C1. The van der Waals surface area contributed by atoms with Crippen LogP contribution in [0.2, 0.25) is 0 Å². The van der Waals surface area contributed by atoms with Crippen LogP contribution in [0, 0.1) is 0 Å². The molecule has 0 unspecified atom stereocenters. The van der Waals surface area contributed by atoms with Crippen LogP contribution in [0.25, 0.3) is 10.8 Å². The second kappa shape index (κ2) is 9.62. The number of pyridine rings is 3. The van der Waals surface area contributed by atoms with Crippen molar-refractivity contribution in [3.63, 3.8) is 0 Å². The summed E-state index contributed by atoms with van der Waals surface area (Å²) in [7, 11) is 1.59. The average molecular weight is 537 g/mol. The van der Waals surface area contributed by atoms with Gasteiger partial charge in [-0.3, -0.25) is 9.79 Å². The molecule has 0 radical (unpaired) electrons. The molecule has 3 N–H and O–H groups in total. The molecular weight excluding hydrogens is 504 g/mol. The molecular formula is C27H32N6O6. The summed E-state index contributed by atoms with van der Waals surface area (Å²) < 4.78 is 10.7. The maximum Gasteiger partial charge on any atom is 0.453 e.